The molecule has 1 aromatic carbocycles. The average Bonchev–Trinajstić information content (AvgIpc) is 2.45. The van der Waals surface area contributed by atoms with Crippen LogP contribution in [0.2, 0.25) is 23.2 Å². The van der Waals surface area contributed by atoms with Crippen molar-refractivity contribution < 1.29 is 9.58 Å². The summed E-state index contributed by atoms with van der Waals surface area (Å²) in [5.74, 6) is -0.170. The van der Waals surface area contributed by atoms with E-state index in [9.17, 15) is 10.3 Å². The van der Waals surface area contributed by atoms with Crippen LogP contribution in [-0.4, -0.2) is 24.0 Å². The fraction of sp³-hybridized carbons (Fsp3) is 0.429. The highest BCUT2D eigenvalue weighted by molar-refractivity contribution is 7.14. The molecule has 0 radical (unpaired) electrons. The fourth-order valence-electron chi connectivity index (χ4n) is 2.38. The maximum absolute atomic E-state index is 12.5. The summed E-state index contributed by atoms with van der Waals surface area (Å²) < 4.78 is 0. The highest BCUT2D eigenvalue weighted by Crippen LogP contribution is 2.23. The molecule has 0 amide bonds. The van der Waals surface area contributed by atoms with E-state index in [4.69, 9.17) is 11.6 Å². The Balaban J connectivity index is 3.21. The Kier molecular flexibility index (Phi) is 5.67. The molecule has 1 aromatic rings. The summed E-state index contributed by atoms with van der Waals surface area (Å²) in [5, 5.41) is 0.964. The molecular formula is C14H19ClN2OSi. The standard InChI is InChI=1S/C14H19ClN2OSi/c1-4-19(5-2,6-3)14(17-16)13(18)11-7-9-12(15)10-8-11/h7-10H,4-6H2,1-3H3. The largest absolute Gasteiger partial charge is 0.362 e. The zero-order chi connectivity index (χ0) is 14.5. The molecule has 5 heteroatoms. The van der Waals surface area contributed by atoms with Crippen LogP contribution in [-0.2, 0) is 0 Å². The summed E-state index contributed by atoms with van der Waals surface area (Å²) in [7, 11) is -1.99. The number of rotatable bonds is 6. The van der Waals surface area contributed by atoms with E-state index in [1.54, 1.807) is 24.3 Å². The Bertz CT molecular complexity index is 494. The fourth-order valence-corrected chi connectivity index (χ4v) is 5.85. The molecule has 1 rings (SSSR count). The second-order valence-corrected chi connectivity index (χ2v) is 10.2. The minimum absolute atomic E-state index is 0.170. The molecule has 0 aliphatic heterocycles. The molecular weight excluding hydrogens is 276 g/mol. The van der Waals surface area contributed by atoms with Gasteiger partial charge in [-0.05, 0) is 42.4 Å². The topological polar surface area (TPSA) is 53.5 Å². The molecule has 0 saturated heterocycles. The lowest BCUT2D eigenvalue weighted by Crippen LogP contribution is -2.47. The van der Waals surface area contributed by atoms with Crippen molar-refractivity contribution in [2.45, 2.75) is 38.9 Å². The summed E-state index contributed by atoms with van der Waals surface area (Å²) in [6, 6.07) is 9.41. The van der Waals surface area contributed by atoms with Gasteiger partial charge in [0.2, 0.25) is 0 Å². The van der Waals surface area contributed by atoms with Crippen LogP contribution in [0, 0.1) is 0 Å². The van der Waals surface area contributed by atoms with Gasteiger partial charge in [-0.1, -0.05) is 32.4 Å². The van der Waals surface area contributed by atoms with Crippen molar-refractivity contribution in [3.8, 4) is 0 Å². The van der Waals surface area contributed by atoms with Gasteiger partial charge in [-0.15, -0.1) is 0 Å². The molecule has 0 aromatic heterocycles. The van der Waals surface area contributed by atoms with Gasteiger partial charge in [0.15, 0.2) is 8.07 Å². The molecule has 102 valence electrons. The second kappa shape index (κ2) is 6.80. The SMILES string of the molecule is CC[Si](CC)(CC)C(=[N+]=[N-])C(=O)c1ccc(Cl)cc1. The third kappa shape index (κ3) is 3.21. The number of nitrogens with zero attached hydrogens (tertiary/aromatic N) is 2. The molecule has 19 heavy (non-hydrogen) atoms. The lowest BCUT2D eigenvalue weighted by Gasteiger charge is -2.21. The predicted octanol–water partition coefficient (Wildman–Crippen LogP) is 4.24. The van der Waals surface area contributed by atoms with Crippen LogP contribution in [0.1, 0.15) is 31.1 Å². The minimum atomic E-state index is -1.99. The van der Waals surface area contributed by atoms with Gasteiger partial charge in [0.1, 0.15) is 0 Å². The predicted molar refractivity (Wildman–Crippen MR) is 81.6 cm³/mol. The molecule has 0 spiro atoms. The van der Waals surface area contributed by atoms with E-state index in [0.717, 1.165) is 18.1 Å². The third-order valence-electron chi connectivity index (χ3n) is 3.95. The summed E-state index contributed by atoms with van der Waals surface area (Å²) in [4.78, 5) is 15.9. The Morgan fingerprint density at radius 1 is 1.16 bits per heavy atom. The zero-order valence-electron chi connectivity index (χ0n) is 11.6. The molecule has 0 fully saturated rings. The molecule has 0 unspecified atom stereocenters. The van der Waals surface area contributed by atoms with Gasteiger partial charge < -0.3 is 5.53 Å². The first-order valence-electron chi connectivity index (χ1n) is 6.57. The zero-order valence-corrected chi connectivity index (χ0v) is 13.4. The van der Waals surface area contributed by atoms with E-state index in [2.05, 4.69) is 25.6 Å². The van der Waals surface area contributed by atoms with Crippen molar-refractivity contribution in [2.75, 3.05) is 0 Å². The Morgan fingerprint density at radius 2 is 1.63 bits per heavy atom. The lowest BCUT2D eigenvalue weighted by molar-refractivity contribution is -0.00264. The van der Waals surface area contributed by atoms with Crippen LogP contribution in [0.3, 0.4) is 0 Å². The quantitative estimate of drug-likeness (QED) is 0.254. The first-order valence-corrected chi connectivity index (χ1v) is 9.57. The van der Waals surface area contributed by atoms with Gasteiger partial charge in [0.25, 0.3) is 5.78 Å². The third-order valence-corrected chi connectivity index (χ3v) is 9.60. The second-order valence-electron chi connectivity index (χ2n) is 4.63. The van der Waals surface area contributed by atoms with Gasteiger partial charge in [-0.25, -0.2) is 0 Å². The summed E-state index contributed by atoms with van der Waals surface area (Å²) in [6.07, 6.45) is 0. The molecule has 0 aliphatic carbocycles. The maximum Gasteiger partial charge on any atom is 0.305 e. The summed E-state index contributed by atoms with van der Waals surface area (Å²) in [6.45, 7) is 6.21. The van der Waals surface area contributed by atoms with Crippen molar-refractivity contribution in [1.29, 1.82) is 0 Å². The molecule has 0 saturated carbocycles. The number of halogens is 1. The van der Waals surface area contributed by atoms with E-state index >= 15 is 0 Å². The lowest BCUT2D eigenvalue weighted by atomic mass is 10.1. The van der Waals surface area contributed by atoms with Crippen molar-refractivity contribution in [1.82, 2.24) is 0 Å². The van der Waals surface area contributed by atoms with E-state index in [-0.39, 0.29) is 5.78 Å². The molecule has 0 N–H and O–H groups in total. The van der Waals surface area contributed by atoms with E-state index in [1.165, 1.54) is 0 Å². The number of hydrogen-bond donors (Lipinski definition) is 0. The monoisotopic (exact) mass is 294 g/mol. The van der Waals surface area contributed by atoms with Crippen LogP contribution in [0.5, 0.6) is 0 Å². The maximum atomic E-state index is 12.5. The number of ketones is 1. The van der Waals surface area contributed by atoms with E-state index < -0.39 is 8.07 Å². The van der Waals surface area contributed by atoms with E-state index in [0.29, 0.717) is 15.9 Å². The number of benzene rings is 1. The van der Waals surface area contributed by atoms with Gasteiger partial charge in [-0.3, -0.25) is 4.79 Å². The van der Waals surface area contributed by atoms with Crippen LogP contribution >= 0.6 is 11.6 Å². The Hall–Kier alpha value is -1.22. The first kappa shape index (κ1) is 15.8. The smallest absolute Gasteiger partial charge is 0.305 e. The molecule has 0 heterocycles. The number of carbonyl (C=O) groups excluding carboxylic acids is 1. The Labute approximate surface area is 120 Å². The molecule has 0 atom stereocenters. The van der Waals surface area contributed by atoms with E-state index in [1.807, 2.05) is 0 Å². The van der Waals surface area contributed by atoms with Crippen molar-refractivity contribution in [2.24, 2.45) is 0 Å². The number of Topliss-reactive ketones (excluding diaryl/α,β-unsaturated/α-hetero) is 1. The highest BCUT2D eigenvalue weighted by atomic mass is 35.5. The summed E-state index contributed by atoms with van der Waals surface area (Å²) in [5.41, 5.74) is 9.85. The van der Waals surface area contributed by atoms with Gasteiger partial charge in [0, 0.05) is 10.6 Å². The normalized spacial score (nSPS) is 10.9. The van der Waals surface area contributed by atoms with Crippen LogP contribution in [0.25, 0.3) is 5.53 Å². The van der Waals surface area contributed by atoms with Crippen LogP contribution < -0.4 is 0 Å². The highest BCUT2D eigenvalue weighted by Gasteiger charge is 2.45. The Morgan fingerprint density at radius 3 is 2.00 bits per heavy atom. The van der Waals surface area contributed by atoms with Gasteiger partial charge in [-0.2, -0.15) is 4.79 Å². The van der Waals surface area contributed by atoms with Crippen LogP contribution in [0.4, 0.5) is 0 Å². The average molecular weight is 295 g/mol. The summed E-state index contributed by atoms with van der Waals surface area (Å²) >= 11 is 5.82. The van der Waals surface area contributed by atoms with Crippen molar-refractivity contribution in [3.63, 3.8) is 0 Å². The molecule has 0 aliphatic rings. The first-order chi connectivity index (χ1) is 9.04. The van der Waals surface area contributed by atoms with Crippen LogP contribution in [0.15, 0.2) is 24.3 Å². The minimum Gasteiger partial charge on any atom is -0.362 e. The van der Waals surface area contributed by atoms with Crippen molar-refractivity contribution in [3.05, 3.63) is 40.4 Å². The van der Waals surface area contributed by atoms with Gasteiger partial charge in [0.05, 0.1) is 0 Å². The van der Waals surface area contributed by atoms with Crippen molar-refractivity contribution >= 4 is 30.8 Å². The number of hydrogen-bond acceptors (Lipinski definition) is 1. The van der Waals surface area contributed by atoms with Gasteiger partial charge >= 0.3 is 5.33 Å². The number of carbonyl (C=O) groups is 1. The molecule has 0 bridgehead atoms. The molecule has 3 nitrogen and oxygen atoms in total.